The van der Waals surface area contributed by atoms with Gasteiger partial charge in [0.15, 0.2) is 5.22 Å². The van der Waals surface area contributed by atoms with Gasteiger partial charge in [-0.1, -0.05) is 0 Å². The highest BCUT2D eigenvalue weighted by Crippen LogP contribution is 2.13. The third-order valence-corrected chi connectivity index (χ3v) is 2.64. The van der Waals surface area contributed by atoms with Gasteiger partial charge in [-0.15, -0.1) is 0 Å². The highest BCUT2D eigenvalue weighted by molar-refractivity contribution is 6.28. The molecule has 5 heteroatoms. The molecule has 1 unspecified atom stereocenters. The smallest absolute Gasteiger partial charge is 0.237 e. The first-order chi connectivity index (χ1) is 7.25. The molecule has 4 nitrogen and oxygen atoms in total. The summed E-state index contributed by atoms with van der Waals surface area (Å²) in [6.07, 6.45) is 1.89. The first-order valence-corrected chi connectivity index (χ1v) is 5.39. The van der Waals surface area contributed by atoms with Gasteiger partial charge in [0.2, 0.25) is 5.91 Å². The average Bonchev–Trinajstić information content (AvgIpc) is 2.63. The summed E-state index contributed by atoms with van der Waals surface area (Å²) in [6.45, 7) is 1.31. The first kappa shape index (κ1) is 10.5. The fourth-order valence-electron chi connectivity index (χ4n) is 1.64. The molecule has 0 spiro atoms. The lowest BCUT2D eigenvalue weighted by atomic mass is 10.1. The average molecular weight is 229 g/mol. The summed E-state index contributed by atoms with van der Waals surface area (Å²) in [4.78, 5) is 11.4. The Kier molecular flexibility index (Phi) is 3.28. The van der Waals surface area contributed by atoms with Crippen LogP contribution in [0.25, 0.3) is 0 Å². The number of piperidine rings is 1. The molecule has 15 heavy (non-hydrogen) atoms. The van der Waals surface area contributed by atoms with E-state index in [0.29, 0.717) is 11.8 Å². The van der Waals surface area contributed by atoms with E-state index in [1.54, 1.807) is 12.1 Å². The predicted molar refractivity (Wildman–Crippen MR) is 56.6 cm³/mol. The van der Waals surface area contributed by atoms with E-state index in [1.807, 2.05) is 0 Å². The monoisotopic (exact) mass is 228 g/mol. The summed E-state index contributed by atoms with van der Waals surface area (Å²) in [5.41, 5.74) is 0. The fourth-order valence-corrected chi connectivity index (χ4v) is 1.80. The van der Waals surface area contributed by atoms with Crippen LogP contribution >= 0.6 is 11.6 Å². The van der Waals surface area contributed by atoms with E-state index >= 15 is 0 Å². The Morgan fingerprint density at radius 1 is 1.60 bits per heavy atom. The number of carbonyl (C=O) groups excluding carboxylic acids is 1. The van der Waals surface area contributed by atoms with Crippen molar-refractivity contribution in [3.8, 4) is 0 Å². The van der Waals surface area contributed by atoms with Crippen LogP contribution in [0.5, 0.6) is 0 Å². The van der Waals surface area contributed by atoms with Gasteiger partial charge in [0.05, 0.1) is 12.6 Å². The Labute approximate surface area is 93.0 Å². The number of furan rings is 1. The molecule has 1 amide bonds. The highest BCUT2D eigenvalue weighted by atomic mass is 35.5. The van der Waals surface area contributed by atoms with Crippen LogP contribution in [0.1, 0.15) is 18.6 Å². The molecular formula is C10H13ClN2O2. The minimum atomic E-state index is -0.109. The Bertz CT molecular complexity index is 351. The summed E-state index contributed by atoms with van der Waals surface area (Å²) < 4.78 is 5.18. The van der Waals surface area contributed by atoms with E-state index in [1.165, 1.54) is 0 Å². The number of rotatable bonds is 3. The second-order valence-electron chi connectivity index (χ2n) is 3.57. The van der Waals surface area contributed by atoms with Gasteiger partial charge in [-0.25, -0.2) is 0 Å². The van der Waals surface area contributed by atoms with E-state index in [-0.39, 0.29) is 11.9 Å². The first-order valence-electron chi connectivity index (χ1n) is 5.01. The maximum Gasteiger partial charge on any atom is 0.237 e. The maximum absolute atomic E-state index is 11.4. The molecule has 2 N–H and O–H groups in total. The number of halogens is 1. The van der Waals surface area contributed by atoms with Gasteiger partial charge in [0.1, 0.15) is 5.76 Å². The number of carbonyl (C=O) groups is 1. The van der Waals surface area contributed by atoms with Crippen LogP contribution < -0.4 is 10.6 Å². The van der Waals surface area contributed by atoms with E-state index in [0.717, 1.165) is 25.1 Å². The second kappa shape index (κ2) is 4.68. The van der Waals surface area contributed by atoms with Gasteiger partial charge in [0.25, 0.3) is 0 Å². The minimum absolute atomic E-state index is 0.0684. The highest BCUT2D eigenvalue weighted by Gasteiger charge is 2.21. The molecule has 1 saturated heterocycles. The topological polar surface area (TPSA) is 54.3 Å². The number of amides is 1. The number of hydrogen-bond donors (Lipinski definition) is 2. The van der Waals surface area contributed by atoms with Crippen molar-refractivity contribution in [2.24, 2.45) is 0 Å². The van der Waals surface area contributed by atoms with Crippen LogP contribution in [0.3, 0.4) is 0 Å². The van der Waals surface area contributed by atoms with Crippen molar-refractivity contribution >= 4 is 17.5 Å². The molecular weight excluding hydrogens is 216 g/mol. The van der Waals surface area contributed by atoms with Crippen molar-refractivity contribution in [3.63, 3.8) is 0 Å². The predicted octanol–water partition coefficient (Wildman–Crippen LogP) is 1.30. The SMILES string of the molecule is O=C1NCCCC1NCc1ccc(Cl)o1. The summed E-state index contributed by atoms with van der Waals surface area (Å²) in [5, 5.41) is 6.33. The normalized spacial score (nSPS) is 21.4. The van der Waals surface area contributed by atoms with Crippen LogP contribution in [-0.4, -0.2) is 18.5 Å². The van der Waals surface area contributed by atoms with Crippen molar-refractivity contribution in [1.29, 1.82) is 0 Å². The zero-order valence-corrected chi connectivity index (χ0v) is 9.01. The molecule has 0 aromatic carbocycles. The van der Waals surface area contributed by atoms with Crippen LogP contribution in [-0.2, 0) is 11.3 Å². The molecule has 1 aliphatic rings. The van der Waals surface area contributed by atoms with Gasteiger partial charge in [0, 0.05) is 6.54 Å². The summed E-state index contributed by atoms with van der Waals surface area (Å²) >= 11 is 5.64. The van der Waals surface area contributed by atoms with Gasteiger partial charge in [-0.05, 0) is 36.6 Å². The fraction of sp³-hybridized carbons (Fsp3) is 0.500. The largest absolute Gasteiger partial charge is 0.448 e. The Morgan fingerprint density at radius 3 is 3.13 bits per heavy atom. The van der Waals surface area contributed by atoms with Crippen molar-refractivity contribution in [2.75, 3.05) is 6.54 Å². The molecule has 0 bridgehead atoms. The van der Waals surface area contributed by atoms with Gasteiger partial charge >= 0.3 is 0 Å². The third-order valence-electron chi connectivity index (χ3n) is 2.44. The molecule has 2 rings (SSSR count). The lowest BCUT2D eigenvalue weighted by Crippen LogP contribution is -2.47. The summed E-state index contributed by atoms with van der Waals surface area (Å²) in [7, 11) is 0. The Balaban J connectivity index is 1.84. The molecule has 0 saturated carbocycles. The quantitative estimate of drug-likeness (QED) is 0.820. The zero-order valence-electron chi connectivity index (χ0n) is 8.25. The van der Waals surface area contributed by atoms with Gasteiger partial charge < -0.3 is 9.73 Å². The molecule has 0 aliphatic carbocycles. The Hall–Kier alpha value is -1.00. The van der Waals surface area contributed by atoms with Crippen molar-refractivity contribution < 1.29 is 9.21 Å². The molecule has 1 atom stereocenters. The molecule has 1 aromatic heterocycles. The standard InChI is InChI=1S/C10H13ClN2O2/c11-9-4-3-7(15-9)6-13-8-2-1-5-12-10(8)14/h3-4,8,13H,1-2,5-6H2,(H,12,14). The van der Waals surface area contributed by atoms with E-state index < -0.39 is 0 Å². The summed E-state index contributed by atoms with van der Waals surface area (Å²) in [5.74, 6) is 0.817. The van der Waals surface area contributed by atoms with Gasteiger partial charge in [-0.3, -0.25) is 10.1 Å². The van der Waals surface area contributed by atoms with Crippen LogP contribution in [0, 0.1) is 0 Å². The van der Waals surface area contributed by atoms with Gasteiger partial charge in [-0.2, -0.15) is 0 Å². The number of nitrogens with one attached hydrogen (secondary N) is 2. The molecule has 0 radical (unpaired) electrons. The second-order valence-corrected chi connectivity index (χ2v) is 3.95. The number of hydrogen-bond acceptors (Lipinski definition) is 3. The van der Waals surface area contributed by atoms with Crippen molar-refractivity contribution in [2.45, 2.75) is 25.4 Å². The molecule has 1 fully saturated rings. The van der Waals surface area contributed by atoms with E-state index in [9.17, 15) is 4.79 Å². The van der Waals surface area contributed by atoms with Crippen LogP contribution in [0.4, 0.5) is 0 Å². The zero-order chi connectivity index (χ0) is 10.7. The van der Waals surface area contributed by atoms with E-state index in [2.05, 4.69) is 10.6 Å². The molecule has 2 heterocycles. The van der Waals surface area contributed by atoms with Crippen molar-refractivity contribution in [1.82, 2.24) is 10.6 Å². The Morgan fingerprint density at radius 2 is 2.47 bits per heavy atom. The summed E-state index contributed by atoms with van der Waals surface area (Å²) in [6, 6.07) is 3.39. The minimum Gasteiger partial charge on any atom is -0.448 e. The lowest BCUT2D eigenvalue weighted by molar-refractivity contribution is -0.124. The van der Waals surface area contributed by atoms with Crippen LogP contribution in [0.2, 0.25) is 5.22 Å². The lowest BCUT2D eigenvalue weighted by Gasteiger charge is -2.22. The van der Waals surface area contributed by atoms with Crippen LogP contribution in [0.15, 0.2) is 16.5 Å². The molecule has 1 aromatic rings. The molecule has 1 aliphatic heterocycles. The van der Waals surface area contributed by atoms with Crippen molar-refractivity contribution in [3.05, 3.63) is 23.1 Å². The maximum atomic E-state index is 11.4. The van der Waals surface area contributed by atoms with E-state index in [4.69, 9.17) is 16.0 Å². The molecule has 82 valence electrons. The third kappa shape index (κ3) is 2.73.